The molecule has 0 radical (unpaired) electrons. The first kappa shape index (κ1) is 14.4. The van der Waals surface area contributed by atoms with E-state index in [1.807, 2.05) is 26.8 Å². The Bertz CT molecular complexity index is 670. The standard InChI is InChI=1S/C18H22O2/c1-10-7-12(3)16(8-11(10)2)20-17-9-13(4)18(19)15(6)14(17)5/h7-9,19H,1-6H3. The van der Waals surface area contributed by atoms with E-state index >= 15 is 0 Å². The Kier molecular flexibility index (Phi) is 3.76. The van der Waals surface area contributed by atoms with Gasteiger partial charge in [0.25, 0.3) is 0 Å². The van der Waals surface area contributed by atoms with Gasteiger partial charge in [0, 0.05) is 0 Å². The molecule has 2 aromatic carbocycles. The Morgan fingerprint density at radius 2 is 1.20 bits per heavy atom. The molecule has 0 aliphatic carbocycles. The summed E-state index contributed by atoms with van der Waals surface area (Å²) in [4.78, 5) is 0. The molecule has 0 unspecified atom stereocenters. The first-order valence-corrected chi connectivity index (χ1v) is 6.86. The van der Waals surface area contributed by atoms with Crippen LogP contribution >= 0.6 is 0 Å². The summed E-state index contributed by atoms with van der Waals surface area (Å²) in [6.07, 6.45) is 0. The lowest BCUT2D eigenvalue weighted by Crippen LogP contribution is -1.95. The van der Waals surface area contributed by atoms with Crippen molar-refractivity contribution in [2.24, 2.45) is 0 Å². The van der Waals surface area contributed by atoms with Gasteiger partial charge in [-0.05, 0) is 87.1 Å². The Morgan fingerprint density at radius 3 is 1.85 bits per heavy atom. The van der Waals surface area contributed by atoms with E-state index in [4.69, 9.17) is 4.74 Å². The van der Waals surface area contributed by atoms with Crippen molar-refractivity contribution in [2.45, 2.75) is 41.5 Å². The van der Waals surface area contributed by atoms with E-state index < -0.39 is 0 Å². The van der Waals surface area contributed by atoms with E-state index in [-0.39, 0.29) is 0 Å². The molecule has 0 heterocycles. The Labute approximate surface area is 121 Å². The highest BCUT2D eigenvalue weighted by Gasteiger charge is 2.12. The zero-order valence-electron chi connectivity index (χ0n) is 13.1. The lowest BCUT2D eigenvalue weighted by molar-refractivity contribution is 0.452. The smallest absolute Gasteiger partial charge is 0.131 e. The zero-order valence-corrected chi connectivity index (χ0v) is 13.1. The van der Waals surface area contributed by atoms with Crippen LogP contribution in [-0.4, -0.2) is 5.11 Å². The fourth-order valence-electron chi connectivity index (χ4n) is 2.30. The Hall–Kier alpha value is -1.96. The minimum atomic E-state index is 0.353. The number of hydrogen-bond acceptors (Lipinski definition) is 2. The molecule has 0 fully saturated rings. The third-order valence-corrected chi connectivity index (χ3v) is 4.02. The van der Waals surface area contributed by atoms with E-state index in [9.17, 15) is 5.11 Å². The number of benzene rings is 2. The minimum Gasteiger partial charge on any atom is -0.507 e. The van der Waals surface area contributed by atoms with Crippen LogP contribution in [-0.2, 0) is 0 Å². The van der Waals surface area contributed by atoms with Crippen molar-refractivity contribution < 1.29 is 9.84 Å². The van der Waals surface area contributed by atoms with Crippen LogP contribution in [0, 0.1) is 41.5 Å². The maximum absolute atomic E-state index is 9.96. The van der Waals surface area contributed by atoms with Gasteiger partial charge in [0.2, 0.25) is 0 Å². The highest BCUT2D eigenvalue weighted by Crippen LogP contribution is 2.36. The highest BCUT2D eigenvalue weighted by atomic mass is 16.5. The first-order chi connectivity index (χ1) is 9.31. The molecule has 1 N–H and O–H groups in total. The lowest BCUT2D eigenvalue weighted by Gasteiger charge is -2.16. The van der Waals surface area contributed by atoms with Crippen LogP contribution in [0.1, 0.15) is 33.4 Å². The molecule has 2 aromatic rings. The van der Waals surface area contributed by atoms with E-state index in [1.165, 1.54) is 11.1 Å². The molecule has 2 rings (SSSR count). The van der Waals surface area contributed by atoms with Crippen molar-refractivity contribution in [1.82, 2.24) is 0 Å². The molecule has 0 amide bonds. The molecule has 106 valence electrons. The largest absolute Gasteiger partial charge is 0.507 e. The third kappa shape index (κ3) is 2.51. The summed E-state index contributed by atoms with van der Waals surface area (Å²) in [5, 5.41) is 9.96. The van der Waals surface area contributed by atoms with Crippen LogP contribution in [0.4, 0.5) is 0 Å². The Balaban J connectivity index is 2.48. The van der Waals surface area contributed by atoms with Crippen molar-refractivity contribution in [1.29, 1.82) is 0 Å². The van der Waals surface area contributed by atoms with Crippen molar-refractivity contribution >= 4 is 0 Å². The average Bonchev–Trinajstić information content (AvgIpc) is 2.39. The lowest BCUT2D eigenvalue weighted by atomic mass is 10.0. The zero-order chi connectivity index (χ0) is 15.0. The second-order valence-corrected chi connectivity index (χ2v) is 5.59. The van der Waals surface area contributed by atoms with Crippen molar-refractivity contribution in [2.75, 3.05) is 0 Å². The minimum absolute atomic E-state index is 0.353. The van der Waals surface area contributed by atoms with Crippen molar-refractivity contribution in [3.63, 3.8) is 0 Å². The molecule has 0 aliphatic heterocycles. The average molecular weight is 270 g/mol. The molecule has 0 atom stereocenters. The topological polar surface area (TPSA) is 29.5 Å². The maximum atomic E-state index is 9.96. The van der Waals surface area contributed by atoms with Gasteiger partial charge in [-0.2, -0.15) is 0 Å². The van der Waals surface area contributed by atoms with Gasteiger partial charge in [-0.3, -0.25) is 0 Å². The number of rotatable bonds is 2. The fourth-order valence-corrected chi connectivity index (χ4v) is 2.30. The third-order valence-electron chi connectivity index (χ3n) is 4.02. The summed E-state index contributed by atoms with van der Waals surface area (Å²) >= 11 is 0. The van der Waals surface area contributed by atoms with E-state index in [1.54, 1.807) is 0 Å². The molecule has 0 saturated carbocycles. The normalized spacial score (nSPS) is 10.7. The summed E-state index contributed by atoms with van der Waals surface area (Å²) in [5.41, 5.74) is 6.30. The molecule has 0 aromatic heterocycles. The Morgan fingerprint density at radius 1 is 0.650 bits per heavy atom. The molecular weight excluding hydrogens is 248 g/mol. The van der Waals surface area contributed by atoms with Crippen LogP contribution in [0.25, 0.3) is 0 Å². The van der Waals surface area contributed by atoms with E-state index in [0.717, 1.165) is 33.8 Å². The predicted octanol–water partition coefficient (Wildman–Crippen LogP) is 5.04. The molecule has 0 saturated heterocycles. The van der Waals surface area contributed by atoms with Crippen LogP contribution in [0.3, 0.4) is 0 Å². The van der Waals surface area contributed by atoms with Crippen LogP contribution < -0.4 is 4.74 Å². The summed E-state index contributed by atoms with van der Waals surface area (Å²) in [5.74, 6) is 2.04. The number of aromatic hydroxyl groups is 1. The second kappa shape index (κ2) is 5.20. The molecule has 20 heavy (non-hydrogen) atoms. The van der Waals surface area contributed by atoms with E-state index in [2.05, 4.69) is 32.9 Å². The number of aryl methyl sites for hydroxylation is 4. The van der Waals surface area contributed by atoms with Gasteiger partial charge in [-0.1, -0.05) is 6.07 Å². The van der Waals surface area contributed by atoms with Crippen molar-refractivity contribution in [3.8, 4) is 17.2 Å². The van der Waals surface area contributed by atoms with E-state index in [0.29, 0.717) is 5.75 Å². The monoisotopic (exact) mass is 270 g/mol. The van der Waals surface area contributed by atoms with Crippen LogP contribution in [0.2, 0.25) is 0 Å². The second-order valence-electron chi connectivity index (χ2n) is 5.59. The van der Waals surface area contributed by atoms with Gasteiger partial charge >= 0.3 is 0 Å². The van der Waals surface area contributed by atoms with Crippen molar-refractivity contribution in [3.05, 3.63) is 51.6 Å². The molecule has 0 bridgehead atoms. The maximum Gasteiger partial charge on any atom is 0.131 e. The van der Waals surface area contributed by atoms with Gasteiger partial charge in [0.1, 0.15) is 17.2 Å². The van der Waals surface area contributed by atoms with Gasteiger partial charge in [0.05, 0.1) is 0 Å². The fraction of sp³-hybridized carbons (Fsp3) is 0.333. The van der Waals surface area contributed by atoms with Gasteiger partial charge in [-0.15, -0.1) is 0 Å². The molecule has 2 heteroatoms. The summed E-state index contributed by atoms with van der Waals surface area (Å²) in [7, 11) is 0. The molecule has 0 spiro atoms. The molecular formula is C18H22O2. The summed E-state index contributed by atoms with van der Waals surface area (Å²) in [6, 6.07) is 6.11. The molecule has 0 aliphatic rings. The number of phenols is 1. The summed E-state index contributed by atoms with van der Waals surface area (Å²) in [6.45, 7) is 12.0. The number of ether oxygens (including phenoxy) is 1. The van der Waals surface area contributed by atoms with Gasteiger partial charge < -0.3 is 9.84 Å². The van der Waals surface area contributed by atoms with Crippen LogP contribution in [0.15, 0.2) is 18.2 Å². The quantitative estimate of drug-likeness (QED) is 0.828. The van der Waals surface area contributed by atoms with Gasteiger partial charge in [-0.25, -0.2) is 0 Å². The highest BCUT2D eigenvalue weighted by molar-refractivity contribution is 5.53. The predicted molar refractivity (Wildman–Crippen MR) is 83.0 cm³/mol. The van der Waals surface area contributed by atoms with Gasteiger partial charge in [0.15, 0.2) is 0 Å². The summed E-state index contributed by atoms with van der Waals surface area (Å²) < 4.78 is 6.08. The SMILES string of the molecule is Cc1cc(C)c(Oc2cc(C)c(O)c(C)c2C)cc1C. The van der Waals surface area contributed by atoms with Crippen LogP contribution in [0.5, 0.6) is 17.2 Å². The first-order valence-electron chi connectivity index (χ1n) is 6.86. The number of hydrogen-bond donors (Lipinski definition) is 1. The number of phenolic OH excluding ortho intramolecular Hbond substituents is 1. The molecule has 2 nitrogen and oxygen atoms in total.